The Balaban J connectivity index is 2.03. The van der Waals surface area contributed by atoms with Gasteiger partial charge in [0.25, 0.3) is 5.91 Å². The first kappa shape index (κ1) is 15.6. The molecule has 0 radical (unpaired) electrons. The molecule has 0 saturated heterocycles. The molecule has 2 aromatic heterocycles. The van der Waals surface area contributed by atoms with E-state index in [0.29, 0.717) is 12.1 Å². The number of carbonyl (C=O) groups excluding carboxylic acids is 1. The van der Waals surface area contributed by atoms with E-state index in [1.54, 1.807) is 11.3 Å². The summed E-state index contributed by atoms with van der Waals surface area (Å²) in [4.78, 5) is 24.5. The summed E-state index contributed by atoms with van der Waals surface area (Å²) in [5.41, 5.74) is 7.71. The van der Waals surface area contributed by atoms with Crippen LogP contribution in [-0.2, 0) is 6.42 Å². The highest BCUT2D eigenvalue weighted by Crippen LogP contribution is 2.27. The minimum Gasteiger partial charge on any atom is -0.364 e. The molecule has 3 N–H and O–H groups in total. The fourth-order valence-electron chi connectivity index (χ4n) is 2.19. The number of rotatable bonds is 4. The molecule has 0 aliphatic rings. The quantitative estimate of drug-likeness (QED) is 0.753. The number of amides is 1. The molecule has 0 fully saturated rings. The zero-order valence-electron chi connectivity index (χ0n) is 12.6. The van der Waals surface area contributed by atoms with E-state index < -0.39 is 5.91 Å². The molecule has 6 nitrogen and oxygen atoms in total. The molecule has 0 saturated carbocycles. The number of nitrogens with one attached hydrogen (secondary N) is 1. The van der Waals surface area contributed by atoms with Crippen molar-refractivity contribution in [3.05, 3.63) is 39.7 Å². The van der Waals surface area contributed by atoms with Crippen LogP contribution in [0.5, 0.6) is 0 Å². The number of hydrogen-bond donors (Lipinski definition) is 2. The minimum absolute atomic E-state index is 0.0758. The Hall–Kier alpha value is -2.25. The minimum atomic E-state index is -0.652. The number of aromatic nitrogens is 3. The van der Waals surface area contributed by atoms with Crippen LogP contribution in [0.3, 0.4) is 0 Å². The molecule has 0 bridgehead atoms. The van der Waals surface area contributed by atoms with Gasteiger partial charge in [-0.3, -0.25) is 4.79 Å². The summed E-state index contributed by atoms with van der Waals surface area (Å²) in [5, 5.41) is 4.32. The molecule has 3 aromatic rings. The van der Waals surface area contributed by atoms with Crippen LogP contribution >= 0.6 is 22.9 Å². The van der Waals surface area contributed by atoms with Crippen molar-refractivity contribution in [1.29, 1.82) is 0 Å². The van der Waals surface area contributed by atoms with E-state index in [0.717, 1.165) is 20.9 Å². The maximum atomic E-state index is 11.6. The molecular weight excluding hydrogens is 334 g/mol. The lowest BCUT2D eigenvalue weighted by Crippen LogP contribution is -2.18. The second kappa shape index (κ2) is 6.10. The lowest BCUT2D eigenvalue weighted by atomic mass is 10.2. The number of carbonyl (C=O) groups is 1. The van der Waals surface area contributed by atoms with Gasteiger partial charge in [-0.25, -0.2) is 15.0 Å². The van der Waals surface area contributed by atoms with E-state index in [4.69, 9.17) is 17.3 Å². The van der Waals surface area contributed by atoms with E-state index >= 15 is 0 Å². The topological polar surface area (TPSA) is 93.8 Å². The monoisotopic (exact) mass is 347 g/mol. The molecule has 0 spiro atoms. The highest BCUT2D eigenvalue weighted by atomic mass is 35.5. The molecule has 1 amide bonds. The Morgan fingerprint density at radius 2 is 2.13 bits per heavy atom. The first-order valence-corrected chi connectivity index (χ1v) is 8.17. The molecule has 3 rings (SSSR count). The molecule has 0 unspecified atom stereocenters. The molecule has 1 aromatic carbocycles. The number of anilines is 2. The van der Waals surface area contributed by atoms with E-state index in [1.165, 1.54) is 0 Å². The zero-order valence-corrected chi connectivity index (χ0v) is 14.1. The van der Waals surface area contributed by atoms with Crippen molar-refractivity contribution in [2.24, 2.45) is 5.73 Å². The molecule has 118 valence electrons. The third-order valence-corrected chi connectivity index (χ3v) is 4.48. The van der Waals surface area contributed by atoms with Crippen molar-refractivity contribution in [3.63, 3.8) is 0 Å². The fraction of sp³-hybridized carbons (Fsp3) is 0.200. The Labute approximate surface area is 141 Å². The summed E-state index contributed by atoms with van der Waals surface area (Å²) in [7, 11) is 0. The third-order valence-electron chi connectivity index (χ3n) is 3.25. The van der Waals surface area contributed by atoms with Crippen LogP contribution in [0.25, 0.3) is 10.2 Å². The van der Waals surface area contributed by atoms with Crippen molar-refractivity contribution < 1.29 is 4.79 Å². The Bertz CT molecular complexity index is 908. The molecule has 8 heteroatoms. The average molecular weight is 348 g/mol. The van der Waals surface area contributed by atoms with Crippen LogP contribution in [0.4, 0.5) is 11.5 Å². The highest BCUT2D eigenvalue weighted by molar-refractivity contribution is 7.18. The fourth-order valence-corrected chi connectivity index (χ4v) is 3.31. The van der Waals surface area contributed by atoms with E-state index in [-0.39, 0.29) is 16.7 Å². The van der Waals surface area contributed by atoms with E-state index in [1.807, 2.05) is 32.0 Å². The van der Waals surface area contributed by atoms with Gasteiger partial charge in [-0.1, -0.05) is 18.5 Å². The van der Waals surface area contributed by atoms with Gasteiger partial charge in [0.05, 0.1) is 20.9 Å². The number of halogens is 1. The third kappa shape index (κ3) is 3.11. The van der Waals surface area contributed by atoms with Gasteiger partial charge in [0.1, 0.15) is 0 Å². The molecular formula is C15H14ClN5OS. The lowest BCUT2D eigenvalue weighted by molar-refractivity contribution is 0.0996. The first-order valence-electron chi connectivity index (χ1n) is 6.98. The molecule has 0 aliphatic heterocycles. The van der Waals surface area contributed by atoms with Crippen LogP contribution in [0.1, 0.15) is 28.1 Å². The first-order chi connectivity index (χ1) is 11.0. The Morgan fingerprint density at radius 1 is 1.35 bits per heavy atom. The van der Waals surface area contributed by atoms with Gasteiger partial charge >= 0.3 is 0 Å². The number of hydrogen-bond acceptors (Lipinski definition) is 6. The van der Waals surface area contributed by atoms with Gasteiger partial charge in [0.2, 0.25) is 0 Å². The van der Waals surface area contributed by atoms with Crippen molar-refractivity contribution >= 4 is 50.6 Å². The number of nitrogens with two attached hydrogens (primary N) is 1. The summed E-state index contributed by atoms with van der Waals surface area (Å²) in [6, 6.07) is 5.70. The van der Waals surface area contributed by atoms with Crippen LogP contribution < -0.4 is 11.1 Å². The van der Waals surface area contributed by atoms with E-state index in [2.05, 4.69) is 20.3 Å². The molecule has 23 heavy (non-hydrogen) atoms. The maximum Gasteiger partial charge on any atom is 0.271 e. The van der Waals surface area contributed by atoms with Gasteiger partial charge in [0, 0.05) is 5.69 Å². The SMILES string of the molecule is CCc1nc(C(N)=O)c(Nc2ccc3nc(C)sc3c2)nc1Cl. The largest absolute Gasteiger partial charge is 0.364 e. The summed E-state index contributed by atoms with van der Waals surface area (Å²) in [5.74, 6) is -0.402. The predicted molar refractivity (Wildman–Crippen MR) is 92.6 cm³/mol. The summed E-state index contributed by atoms with van der Waals surface area (Å²) in [6.07, 6.45) is 0.568. The Kier molecular flexibility index (Phi) is 4.14. The summed E-state index contributed by atoms with van der Waals surface area (Å²) >= 11 is 7.69. The number of fused-ring (bicyclic) bond motifs is 1. The van der Waals surface area contributed by atoms with Crippen molar-refractivity contribution in [2.75, 3.05) is 5.32 Å². The van der Waals surface area contributed by atoms with Crippen molar-refractivity contribution in [2.45, 2.75) is 20.3 Å². The van der Waals surface area contributed by atoms with Crippen LogP contribution in [0.15, 0.2) is 18.2 Å². The van der Waals surface area contributed by atoms with Crippen molar-refractivity contribution in [3.8, 4) is 0 Å². The Morgan fingerprint density at radius 3 is 2.83 bits per heavy atom. The zero-order chi connectivity index (χ0) is 16.6. The summed E-state index contributed by atoms with van der Waals surface area (Å²) in [6.45, 7) is 3.84. The van der Waals surface area contributed by atoms with Crippen LogP contribution in [-0.4, -0.2) is 20.9 Å². The maximum absolute atomic E-state index is 11.6. The summed E-state index contributed by atoms with van der Waals surface area (Å²) < 4.78 is 1.04. The van der Waals surface area contributed by atoms with Gasteiger partial charge in [-0.05, 0) is 31.5 Å². The van der Waals surface area contributed by atoms with Gasteiger partial charge in [-0.15, -0.1) is 11.3 Å². The number of aryl methyl sites for hydroxylation is 2. The number of benzene rings is 1. The number of thiazole rings is 1. The van der Waals surface area contributed by atoms with Crippen LogP contribution in [0, 0.1) is 6.92 Å². The normalized spacial score (nSPS) is 10.9. The number of nitrogens with zero attached hydrogens (tertiary/aromatic N) is 3. The second-order valence-electron chi connectivity index (χ2n) is 4.92. The van der Waals surface area contributed by atoms with Crippen molar-refractivity contribution in [1.82, 2.24) is 15.0 Å². The van der Waals surface area contributed by atoms with Gasteiger partial charge < -0.3 is 11.1 Å². The molecule has 0 atom stereocenters. The van der Waals surface area contributed by atoms with Gasteiger partial charge in [-0.2, -0.15) is 0 Å². The second-order valence-corrected chi connectivity index (χ2v) is 6.51. The van der Waals surface area contributed by atoms with Gasteiger partial charge in [0.15, 0.2) is 16.7 Å². The number of primary amides is 1. The lowest BCUT2D eigenvalue weighted by Gasteiger charge is -2.11. The highest BCUT2D eigenvalue weighted by Gasteiger charge is 2.16. The predicted octanol–water partition coefficient (Wildman–Crippen LogP) is 3.45. The standard InChI is InChI=1S/C15H14ClN5OS/c1-3-9-13(16)21-15(12(20-9)14(17)22)19-8-4-5-10-11(6-8)23-7(2)18-10/h4-6H,3H2,1-2H3,(H2,17,22)(H,19,21). The average Bonchev–Trinajstić information content (AvgIpc) is 2.86. The smallest absolute Gasteiger partial charge is 0.271 e. The van der Waals surface area contributed by atoms with E-state index in [9.17, 15) is 4.79 Å². The van der Waals surface area contributed by atoms with Crippen LogP contribution in [0.2, 0.25) is 5.15 Å². The molecule has 2 heterocycles. The molecule has 0 aliphatic carbocycles.